The molecule has 5 rings (SSSR count). The highest BCUT2D eigenvalue weighted by Gasteiger charge is 2.28. The first-order valence-corrected chi connectivity index (χ1v) is 9.75. The van der Waals surface area contributed by atoms with Gasteiger partial charge in [-0.05, 0) is 50.9 Å². The Labute approximate surface area is 163 Å². The molecule has 1 saturated heterocycles. The molecule has 4 aromatic rings. The van der Waals surface area contributed by atoms with Gasteiger partial charge in [-0.3, -0.25) is 9.88 Å². The van der Waals surface area contributed by atoms with Crippen molar-refractivity contribution in [3.05, 3.63) is 65.6 Å². The Bertz CT molecular complexity index is 1110. The smallest absolute Gasteiger partial charge is 0.143 e. The Morgan fingerprint density at radius 1 is 1.21 bits per heavy atom. The third kappa shape index (κ3) is 2.90. The monoisotopic (exact) mass is 373 g/mol. The highest BCUT2D eigenvalue weighted by atomic mass is 16.5. The van der Waals surface area contributed by atoms with Gasteiger partial charge in [-0.15, -0.1) is 0 Å². The van der Waals surface area contributed by atoms with Crippen LogP contribution in [0.5, 0.6) is 0 Å². The van der Waals surface area contributed by atoms with Gasteiger partial charge < -0.3 is 9.51 Å². The SMILES string of the molecule is Cc1noc(C)c1-c1cncc(C2CCCN2Cc2cccc3[nH]ccc23)n1. The molecule has 1 atom stereocenters. The Kier molecular flexibility index (Phi) is 4.20. The van der Waals surface area contributed by atoms with Crippen molar-refractivity contribution >= 4 is 10.9 Å². The zero-order chi connectivity index (χ0) is 19.1. The summed E-state index contributed by atoms with van der Waals surface area (Å²) in [5.74, 6) is 0.784. The molecular weight excluding hydrogens is 350 g/mol. The molecule has 0 spiro atoms. The van der Waals surface area contributed by atoms with Gasteiger partial charge in [0.2, 0.25) is 0 Å². The number of hydrogen-bond donors (Lipinski definition) is 1. The van der Waals surface area contributed by atoms with Crippen molar-refractivity contribution in [2.45, 2.75) is 39.3 Å². The number of nitrogens with one attached hydrogen (secondary N) is 1. The van der Waals surface area contributed by atoms with Gasteiger partial charge in [0.25, 0.3) is 0 Å². The maximum Gasteiger partial charge on any atom is 0.143 e. The van der Waals surface area contributed by atoms with Gasteiger partial charge >= 0.3 is 0 Å². The Morgan fingerprint density at radius 2 is 2.14 bits per heavy atom. The van der Waals surface area contributed by atoms with E-state index in [4.69, 9.17) is 9.51 Å². The van der Waals surface area contributed by atoms with Crippen molar-refractivity contribution in [3.63, 3.8) is 0 Å². The van der Waals surface area contributed by atoms with Crippen molar-refractivity contribution in [2.24, 2.45) is 0 Å². The van der Waals surface area contributed by atoms with Crippen LogP contribution in [0.2, 0.25) is 0 Å². The Morgan fingerprint density at radius 3 is 3.00 bits per heavy atom. The second-order valence-electron chi connectivity index (χ2n) is 7.51. The minimum Gasteiger partial charge on any atom is -0.361 e. The number of hydrogen-bond acceptors (Lipinski definition) is 5. The summed E-state index contributed by atoms with van der Waals surface area (Å²) in [5, 5.41) is 5.35. The van der Waals surface area contributed by atoms with E-state index in [-0.39, 0.29) is 6.04 Å². The molecule has 0 aliphatic carbocycles. The number of fused-ring (bicyclic) bond motifs is 1. The van der Waals surface area contributed by atoms with Crippen molar-refractivity contribution in [1.82, 2.24) is 25.0 Å². The standard InChI is InChI=1S/C22H23N5O/c1-14-22(15(2)28-26-14)20-12-23-11-19(25-20)21-7-4-10-27(21)13-16-5-3-6-18-17(16)8-9-24-18/h3,5-6,8-9,11-12,21,24H,4,7,10,13H2,1-2H3. The molecule has 6 nitrogen and oxygen atoms in total. The first-order chi connectivity index (χ1) is 13.7. The van der Waals surface area contributed by atoms with E-state index in [0.717, 1.165) is 47.9 Å². The summed E-state index contributed by atoms with van der Waals surface area (Å²) in [4.78, 5) is 15.3. The van der Waals surface area contributed by atoms with Crippen LogP contribution in [0.3, 0.4) is 0 Å². The summed E-state index contributed by atoms with van der Waals surface area (Å²) in [6.07, 6.45) is 7.99. The number of likely N-dealkylation sites (tertiary alicyclic amines) is 1. The molecule has 3 aromatic heterocycles. The number of nitrogens with zero attached hydrogens (tertiary/aromatic N) is 4. The zero-order valence-corrected chi connectivity index (χ0v) is 16.1. The normalized spacial score (nSPS) is 17.6. The van der Waals surface area contributed by atoms with Gasteiger partial charge in [-0.2, -0.15) is 0 Å². The minimum absolute atomic E-state index is 0.280. The molecule has 0 amide bonds. The van der Waals surface area contributed by atoms with Crippen LogP contribution in [0, 0.1) is 13.8 Å². The second kappa shape index (κ2) is 6.87. The number of aromatic amines is 1. The number of H-pyrrole nitrogens is 1. The van der Waals surface area contributed by atoms with Crippen LogP contribution in [0.15, 0.2) is 47.4 Å². The Hall–Kier alpha value is -2.99. The van der Waals surface area contributed by atoms with Crippen molar-refractivity contribution in [3.8, 4) is 11.3 Å². The molecule has 1 unspecified atom stereocenters. The van der Waals surface area contributed by atoms with Crippen LogP contribution < -0.4 is 0 Å². The molecule has 1 N–H and O–H groups in total. The van der Waals surface area contributed by atoms with Crippen molar-refractivity contribution in [2.75, 3.05) is 6.54 Å². The van der Waals surface area contributed by atoms with Gasteiger partial charge in [0.15, 0.2) is 0 Å². The molecule has 1 fully saturated rings. The zero-order valence-electron chi connectivity index (χ0n) is 16.1. The van der Waals surface area contributed by atoms with Crippen molar-refractivity contribution < 1.29 is 4.52 Å². The largest absolute Gasteiger partial charge is 0.361 e. The molecule has 0 bridgehead atoms. The second-order valence-corrected chi connectivity index (χ2v) is 7.51. The summed E-state index contributed by atoms with van der Waals surface area (Å²) < 4.78 is 5.32. The highest BCUT2D eigenvalue weighted by Crippen LogP contribution is 2.34. The summed E-state index contributed by atoms with van der Waals surface area (Å²) in [6, 6.07) is 8.91. The van der Waals surface area contributed by atoms with E-state index in [2.05, 4.69) is 44.3 Å². The van der Waals surface area contributed by atoms with E-state index in [1.54, 1.807) is 6.20 Å². The van der Waals surface area contributed by atoms with E-state index in [1.807, 2.05) is 26.2 Å². The molecule has 28 heavy (non-hydrogen) atoms. The third-order valence-electron chi connectivity index (χ3n) is 5.71. The van der Waals surface area contributed by atoms with Gasteiger partial charge in [0.1, 0.15) is 5.76 Å². The van der Waals surface area contributed by atoms with E-state index in [9.17, 15) is 0 Å². The molecule has 1 aliphatic heterocycles. The fraction of sp³-hybridized carbons (Fsp3) is 0.318. The van der Waals surface area contributed by atoms with Crippen LogP contribution in [-0.2, 0) is 6.54 Å². The number of aryl methyl sites for hydroxylation is 2. The predicted molar refractivity (Wildman–Crippen MR) is 108 cm³/mol. The molecule has 0 saturated carbocycles. The fourth-order valence-electron chi connectivity index (χ4n) is 4.37. The van der Waals surface area contributed by atoms with E-state index < -0.39 is 0 Å². The van der Waals surface area contributed by atoms with Crippen LogP contribution in [0.4, 0.5) is 0 Å². The average Bonchev–Trinajstić information content (AvgIpc) is 3.43. The molecular formula is C22H23N5O. The lowest BCUT2D eigenvalue weighted by molar-refractivity contribution is 0.245. The summed E-state index contributed by atoms with van der Waals surface area (Å²) >= 11 is 0. The lowest BCUT2D eigenvalue weighted by Gasteiger charge is -2.24. The highest BCUT2D eigenvalue weighted by molar-refractivity contribution is 5.82. The fourth-order valence-corrected chi connectivity index (χ4v) is 4.37. The number of benzene rings is 1. The van der Waals surface area contributed by atoms with E-state index >= 15 is 0 Å². The first kappa shape index (κ1) is 17.1. The lowest BCUT2D eigenvalue weighted by Crippen LogP contribution is -2.23. The molecule has 142 valence electrons. The van der Waals surface area contributed by atoms with Gasteiger partial charge in [-0.1, -0.05) is 17.3 Å². The quantitative estimate of drug-likeness (QED) is 0.567. The molecule has 0 radical (unpaired) electrons. The molecule has 1 aliphatic rings. The van der Waals surface area contributed by atoms with Crippen LogP contribution >= 0.6 is 0 Å². The van der Waals surface area contributed by atoms with Gasteiger partial charge in [0, 0.05) is 23.6 Å². The molecule has 4 heterocycles. The third-order valence-corrected chi connectivity index (χ3v) is 5.71. The molecule has 6 heteroatoms. The summed E-state index contributed by atoms with van der Waals surface area (Å²) in [6.45, 7) is 5.85. The van der Waals surface area contributed by atoms with Crippen LogP contribution in [0.1, 0.15) is 41.6 Å². The van der Waals surface area contributed by atoms with Crippen LogP contribution in [-0.4, -0.2) is 31.6 Å². The molecule has 1 aromatic carbocycles. The maximum absolute atomic E-state index is 5.32. The summed E-state index contributed by atoms with van der Waals surface area (Å²) in [7, 11) is 0. The first-order valence-electron chi connectivity index (χ1n) is 9.75. The average molecular weight is 373 g/mol. The minimum atomic E-state index is 0.280. The summed E-state index contributed by atoms with van der Waals surface area (Å²) in [5.41, 5.74) is 6.21. The van der Waals surface area contributed by atoms with Gasteiger partial charge in [0.05, 0.1) is 41.1 Å². The van der Waals surface area contributed by atoms with Crippen molar-refractivity contribution in [1.29, 1.82) is 0 Å². The number of rotatable bonds is 4. The Balaban J connectivity index is 1.46. The predicted octanol–water partition coefficient (Wildman–Crippen LogP) is 4.57. The van der Waals surface area contributed by atoms with E-state index in [0.29, 0.717) is 0 Å². The maximum atomic E-state index is 5.32. The topological polar surface area (TPSA) is 70.8 Å². The van der Waals surface area contributed by atoms with Crippen LogP contribution in [0.25, 0.3) is 22.2 Å². The van der Waals surface area contributed by atoms with Gasteiger partial charge in [-0.25, -0.2) is 4.98 Å². The number of aromatic nitrogens is 4. The van der Waals surface area contributed by atoms with E-state index in [1.165, 1.54) is 22.9 Å². The lowest BCUT2D eigenvalue weighted by atomic mass is 10.1.